The summed E-state index contributed by atoms with van der Waals surface area (Å²) < 4.78 is 0. The first-order chi connectivity index (χ1) is 8.52. The quantitative estimate of drug-likeness (QED) is 0.833. The second-order valence-electron chi connectivity index (χ2n) is 5.31. The third-order valence-electron chi connectivity index (χ3n) is 3.18. The van der Waals surface area contributed by atoms with E-state index in [0.717, 1.165) is 17.7 Å². The van der Waals surface area contributed by atoms with Crippen LogP contribution in [0.4, 0.5) is 0 Å². The van der Waals surface area contributed by atoms with Crippen LogP contribution in [0.3, 0.4) is 0 Å². The van der Waals surface area contributed by atoms with E-state index in [1.165, 1.54) is 29.7 Å². The number of aryl methyl sites for hydroxylation is 2. The molecule has 1 aliphatic rings. The molecule has 18 heavy (non-hydrogen) atoms. The summed E-state index contributed by atoms with van der Waals surface area (Å²) in [6.07, 6.45) is 5.90. The molecule has 1 aliphatic carbocycles. The van der Waals surface area contributed by atoms with Crippen molar-refractivity contribution >= 4 is 17.2 Å². The molecule has 0 spiro atoms. The zero-order chi connectivity index (χ0) is 13.2. The average Bonchev–Trinajstić information content (AvgIpc) is 2.61. The Morgan fingerprint density at radius 3 is 2.83 bits per heavy atom. The SMILES string of the molecule is CC(C)(C#N)NC(=O)c1cc2c(s1)CCCCC2. The van der Waals surface area contributed by atoms with Crippen LogP contribution < -0.4 is 5.32 Å². The lowest BCUT2D eigenvalue weighted by Gasteiger charge is -2.16. The number of hydrogen-bond acceptors (Lipinski definition) is 3. The molecule has 0 aliphatic heterocycles. The molecule has 0 radical (unpaired) electrons. The fourth-order valence-corrected chi connectivity index (χ4v) is 3.30. The van der Waals surface area contributed by atoms with Crippen LogP contribution in [-0.4, -0.2) is 11.4 Å². The molecule has 0 atom stereocenters. The summed E-state index contributed by atoms with van der Waals surface area (Å²) in [6.45, 7) is 3.42. The Morgan fingerprint density at radius 1 is 1.39 bits per heavy atom. The highest BCUT2D eigenvalue weighted by atomic mass is 32.1. The average molecular weight is 262 g/mol. The van der Waals surface area contributed by atoms with Gasteiger partial charge < -0.3 is 5.32 Å². The zero-order valence-electron chi connectivity index (χ0n) is 10.9. The van der Waals surface area contributed by atoms with Crippen LogP contribution in [0.25, 0.3) is 0 Å². The second kappa shape index (κ2) is 5.11. The van der Waals surface area contributed by atoms with E-state index in [9.17, 15) is 4.79 Å². The maximum absolute atomic E-state index is 12.1. The van der Waals surface area contributed by atoms with Crippen molar-refractivity contribution in [3.05, 3.63) is 21.4 Å². The molecule has 0 fully saturated rings. The number of nitrogens with one attached hydrogen (secondary N) is 1. The minimum atomic E-state index is -0.807. The van der Waals surface area contributed by atoms with Crippen molar-refractivity contribution in [3.8, 4) is 6.07 Å². The number of rotatable bonds is 2. The number of thiophene rings is 1. The lowest BCUT2D eigenvalue weighted by molar-refractivity contribution is 0.0933. The molecule has 2 rings (SSSR count). The molecule has 3 nitrogen and oxygen atoms in total. The van der Waals surface area contributed by atoms with Crippen LogP contribution in [0.2, 0.25) is 0 Å². The Hall–Kier alpha value is -1.34. The Bertz CT molecular complexity index is 473. The highest BCUT2D eigenvalue weighted by Gasteiger charge is 2.22. The Labute approximate surface area is 112 Å². The summed E-state index contributed by atoms with van der Waals surface area (Å²) in [7, 11) is 0. The van der Waals surface area contributed by atoms with Gasteiger partial charge in [-0.25, -0.2) is 0 Å². The van der Waals surface area contributed by atoms with E-state index >= 15 is 0 Å². The van der Waals surface area contributed by atoms with Crippen LogP contribution in [0.1, 0.15) is 53.2 Å². The maximum atomic E-state index is 12.1. The van der Waals surface area contributed by atoms with E-state index in [1.54, 1.807) is 25.2 Å². The van der Waals surface area contributed by atoms with Gasteiger partial charge in [-0.3, -0.25) is 4.79 Å². The maximum Gasteiger partial charge on any atom is 0.262 e. The van der Waals surface area contributed by atoms with Gasteiger partial charge in [-0.05, 0) is 51.2 Å². The molecule has 1 aromatic rings. The first kappa shape index (κ1) is 13.1. The number of hydrogen-bond donors (Lipinski definition) is 1. The van der Waals surface area contributed by atoms with Gasteiger partial charge in [0.25, 0.3) is 5.91 Å². The summed E-state index contributed by atoms with van der Waals surface area (Å²) >= 11 is 1.59. The normalized spacial score (nSPS) is 15.4. The van der Waals surface area contributed by atoms with Crippen LogP contribution in [0.5, 0.6) is 0 Å². The first-order valence-electron chi connectivity index (χ1n) is 6.37. The van der Waals surface area contributed by atoms with Crippen LogP contribution in [-0.2, 0) is 12.8 Å². The first-order valence-corrected chi connectivity index (χ1v) is 7.19. The number of nitrogens with zero attached hydrogens (tertiary/aromatic N) is 1. The van der Waals surface area contributed by atoms with Crippen molar-refractivity contribution in [2.45, 2.75) is 51.5 Å². The van der Waals surface area contributed by atoms with Crippen LogP contribution in [0, 0.1) is 11.3 Å². The molecular weight excluding hydrogens is 244 g/mol. The van der Waals surface area contributed by atoms with Gasteiger partial charge in [-0.15, -0.1) is 11.3 Å². The molecule has 0 aromatic carbocycles. The smallest absolute Gasteiger partial charge is 0.262 e. The van der Waals surface area contributed by atoms with Crippen molar-refractivity contribution in [2.24, 2.45) is 0 Å². The lowest BCUT2D eigenvalue weighted by Crippen LogP contribution is -2.41. The zero-order valence-corrected chi connectivity index (χ0v) is 11.7. The Kier molecular flexibility index (Phi) is 3.72. The summed E-state index contributed by atoms with van der Waals surface area (Å²) in [4.78, 5) is 14.2. The van der Waals surface area contributed by atoms with Gasteiger partial charge in [-0.1, -0.05) is 6.42 Å². The lowest BCUT2D eigenvalue weighted by atomic mass is 10.1. The van der Waals surface area contributed by atoms with Gasteiger partial charge in [0.15, 0.2) is 0 Å². The highest BCUT2D eigenvalue weighted by molar-refractivity contribution is 7.14. The van der Waals surface area contributed by atoms with E-state index in [1.807, 2.05) is 6.07 Å². The van der Waals surface area contributed by atoms with E-state index in [2.05, 4.69) is 11.4 Å². The van der Waals surface area contributed by atoms with E-state index < -0.39 is 5.54 Å². The van der Waals surface area contributed by atoms with E-state index in [-0.39, 0.29) is 5.91 Å². The summed E-state index contributed by atoms with van der Waals surface area (Å²) in [5.41, 5.74) is 0.524. The molecule has 0 saturated carbocycles. The van der Waals surface area contributed by atoms with Gasteiger partial charge in [0.2, 0.25) is 0 Å². The Balaban J connectivity index is 2.15. The van der Waals surface area contributed by atoms with Crippen molar-refractivity contribution in [1.29, 1.82) is 5.26 Å². The molecule has 0 saturated heterocycles. The highest BCUT2D eigenvalue weighted by Crippen LogP contribution is 2.29. The number of nitriles is 1. The monoisotopic (exact) mass is 262 g/mol. The number of carbonyl (C=O) groups excluding carboxylic acids is 1. The molecule has 0 unspecified atom stereocenters. The van der Waals surface area contributed by atoms with Gasteiger partial charge in [-0.2, -0.15) is 5.26 Å². The molecule has 4 heteroatoms. The molecule has 1 heterocycles. The molecular formula is C14H18N2OS. The largest absolute Gasteiger partial charge is 0.334 e. The van der Waals surface area contributed by atoms with Gasteiger partial charge in [0, 0.05) is 4.88 Å². The third-order valence-corrected chi connectivity index (χ3v) is 4.41. The minimum absolute atomic E-state index is 0.125. The number of amides is 1. The van der Waals surface area contributed by atoms with Crippen molar-refractivity contribution < 1.29 is 4.79 Å². The summed E-state index contributed by atoms with van der Waals surface area (Å²) in [6, 6.07) is 4.09. The standard InChI is InChI=1S/C14H18N2OS/c1-14(2,9-15)16-13(17)12-8-10-6-4-3-5-7-11(10)18-12/h8H,3-7H2,1-2H3,(H,16,17). The third kappa shape index (κ3) is 2.91. The number of carbonyl (C=O) groups is 1. The minimum Gasteiger partial charge on any atom is -0.334 e. The summed E-state index contributed by atoms with van der Waals surface area (Å²) in [5.74, 6) is -0.125. The molecule has 1 aromatic heterocycles. The van der Waals surface area contributed by atoms with Gasteiger partial charge in [0.1, 0.15) is 5.54 Å². The fourth-order valence-electron chi connectivity index (χ4n) is 2.15. The predicted octanol–water partition coefficient (Wildman–Crippen LogP) is 3.05. The topological polar surface area (TPSA) is 52.9 Å². The van der Waals surface area contributed by atoms with Gasteiger partial charge in [0.05, 0.1) is 10.9 Å². The fraction of sp³-hybridized carbons (Fsp3) is 0.571. The molecule has 96 valence electrons. The number of fused-ring (bicyclic) bond motifs is 1. The van der Waals surface area contributed by atoms with Crippen LogP contribution >= 0.6 is 11.3 Å². The van der Waals surface area contributed by atoms with Crippen LogP contribution in [0.15, 0.2) is 6.07 Å². The second-order valence-corrected chi connectivity index (χ2v) is 6.45. The van der Waals surface area contributed by atoms with Crippen molar-refractivity contribution in [3.63, 3.8) is 0 Å². The van der Waals surface area contributed by atoms with E-state index in [0.29, 0.717) is 0 Å². The van der Waals surface area contributed by atoms with E-state index in [4.69, 9.17) is 5.26 Å². The molecule has 1 N–H and O–H groups in total. The van der Waals surface area contributed by atoms with Crippen molar-refractivity contribution in [2.75, 3.05) is 0 Å². The van der Waals surface area contributed by atoms with Crippen molar-refractivity contribution in [1.82, 2.24) is 5.32 Å². The molecule has 0 bridgehead atoms. The predicted molar refractivity (Wildman–Crippen MR) is 72.7 cm³/mol. The Morgan fingerprint density at radius 2 is 2.11 bits per heavy atom. The van der Waals surface area contributed by atoms with Gasteiger partial charge >= 0.3 is 0 Å². The molecule has 1 amide bonds. The summed E-state index contributed by atoms with van der Waals surface area (Å²) in [5, 5.41) is 11.7.